The number of amides is 2. The first kappa shape index (κ1) is 23.6. The molecule has 0 aliphatic heterocycles. The standard InChI is InChI=1S/C23H19F3N2O5/c24-23(25,26)16-8-10-17(11-9-16)27-20(29)14-33-22(31)18(13-15-5-2-1-3-6-15)28-21(30)19-7-4-12-32-19/h1-12,18H,13-14H2,(H,27,29)(H,28,30). The Morgan fingerprint density at radius 3 is 2.24 bits per heavy atom. The molecule has 1 aromatic heterocycles. The third kappa shape index (κ3) is 6.96. The van der Waals surface area contributed by atoms with Crippen LogP contribution in [0.3, 0.4) is 0 Å². The summed E-state index contributed by atoms with van der Waals surface area (Å²) in [4.78, 5) is 37.0. The zero-order valence-corrected chi connectivity index (χ0v) is 17.1. The minimum atomic E-state index is -4.49. The van der Waals surface area contributed by atoms with Gasteiger partial charge in [0.2, 0.25) is 0 Å². The van der Waals surface area contributed by atoms with Gasteiger partial charge in [0.15, 0.2) is 12.4 Å². The Labute approximate surface area is 186 Å². The van der Waals surface area contributed by atoms with Crippen LogP contribution in [-0.2, 0) is 26.9 Å². The summed E-state index contributed by atoms with van der Waals surface area (Å²) < 4.78 is 47.9. The van der Waals surface area contributed by atoms with E-state index in [0.717, 1.165) is 29.8 Å². The molecule has 0 aliphatic rings. The van der Waals surface area contributed by atoms with Crippen molar-refractivity contribution in [2.45, 2.75) is 18.6 Å². The first-order valence-corrected chi connectivity index (χ1v) is 9.74. The Morgan fingerprint density at radius 2 is 1.64 bits per heavy atom. The van der Waals surface area contributed by atoms with E-state index in [4.69, 9.17) is 9.15 Å². The maximum atomic E-state index is 12.6. The third-order valence-electron chi connectivity index (χ3n) is 4.46. The van der Waals surface area contributed by atoms with Crippen LogP contribution >= 0.6 is 0 Å². The van der Waals surface area contributed by atoms with Gasteiger partial charge in [-0.3, -0.25) is 9.59 Å². The molecule has 1 heterocycles. The van der Waals surface area contributed by atoms with Gasteiger partial charge in [0.1, 0.15) is 6.04 Å². The fourth-order valence-electron chi connectivity index (χ4n) is 2.86. The summed E-state index contributed by atoms with van der Waals surface area (Å²) in [5, 5.41) is 4.86. The minimum absolute atomic E-state index is 0.000841. The second-order valence-electron chi connectivity index (χ2n) is 6.92. The second kappa shape index (κ2) is 10.5. The van der Waals surface area contributed by atoms with E-state index in [0.29, 0.717) is 0 Å². The molecule has 0 saturated carbocycles. The number of ether oxygens (including phenoxy) is 1. The van der Waals surface area contributed by atoms with E-state index < -0.39 is 42.2 Å². The first-order valence-electron chi connectivity index (χ1n) is 9.74. The Hall–Kier alpha value is -4.08. The molecule has 0 bridgehead atoms. The summed E-state index contributed by atoms with van der Waals surface area (Å²) in [6, 6.07) is 14.5. The van der Waals surface area contributed by atoms with Gasteiger partial charge in [0.05, 0.1) is 11.8 Å². The van der Waals surface area contributed by atoms with Crippen LogP contribution in [0.1, 0.15) is 21.7 Å². The van der Waals surface area contributed by atoms with Crippen molar-refractivity contribution in [1.82, 2.24) is 5.32 Å². The van der Waals surface area contributed by atoms with Crippen molar-refractivity contribution < 1.29 is 36.7 Å². The van der Waals surface area contributed by atoms with E-state index >= 15 is 0 Å². The molecule has 33 heavy (non-hydrogen) atoms. The lowest BCUT2D eigenvalue weighted by Crippen LogP contribution is -2.44. The molecule has 3 aromatic rings. The average molecular weight is 460 g/mol. The molecule has 0 radical (unpaired) electrons. The Morgan fingerprint density at radius 1 is 0.939 bits per heavy atom. The van der Waals surface area contributed by atoms with E-state index in [1.807, 2.05) is 0 Å². The number of alkyl halides is 3. The predicted molar refractivity (Wildman–Crippen MR) is 111 cm³/mol. The summed E-state index contributed by atoms with van der Waals surface area (Å²) in [5.74, 6) is -2.24. The molecule has 2 aromatic carbocycles. The lowest BCUT2D eigenvalue weighted by atomic mass is 10.1. The normalized spacial score (nSPS) is 12.0. The predicted octanol–water partition coefficient (Wildman–Crippen LogP) is 3.82. The number of hydrogen-bond donors (Lipinski definition) is 2. The summed E-state index contributed by atoms with van der Waals surface area (Å²) in [5.41, 5.74) is -0.00705. The molecular weight excluding hydrogens is 441 g/mol. The number of carbonyl (C=O) groups is 3. The molecule has 0 spiro atoms. The minimum Gasteiger partial charge on any atom is -0.459 e. The largest absolute Gasteiger partial charge is 0.459 e. The lowest BCUT2D eigenvalue weighted by molar-refractivity contribution is -0.149. The van der Waals surface area contributed by atoms with Crippen LogP contribution in [0.4, 0.5) is 18.9 Å². The van der Waals surface area contributed by atoms with Crippen LogP contribution in [0.15, 0.2) is 77.4 Å². The number of furan rings is 1. The van der Waals surface area contributed by atoms with Gasteiger partial charge >= 0.3 is 12.1 Å². The van der Waals surface area contributed by atoms with Gasteiger partial charge in [0.25, 0.3) is 11.8 Å². The lowest BCUT2D eigenvalue weighted by Gasteiger charge is -2.17. The summed E-state index contributed by atoms with van der Waals surface area (Å²) in [7, 11) is 0. The van der Waals surface area contributed by atoms with E-state index in [1.54, 1.807) is 30.3 Å². The number of hydrogen-bond acceptors (Lipinski definition) is 5. The number of anilines is 1. The van der Waals surface area contributed by atoms with E-state index in [9.17, 15) is 27.6 Å². The van der Waals surface area contributed by atoms with Gasteiger partial charge in [-0.15, -0.1) is 0 Å². The molecule has 1 atom stereocenters. The molecule has 2 N–H and O–H groups in total. The Balaban J connectivity index is 1.59. The number of carbonyl (C=O) groups excluding carboxylic acids is 3. The van der Waals surface area contributed by atoms with Crippen LogP contribution in [0.25, 0.3) is 0 Å². The van der Waals surface area contributed by atoms with Crippen molar-refractivity contribution in [2.24, 2.45) is 0 Å². The molecule has 172 valence electrons. The highest BCUT2D eigenvalue weighted by molar-refractivity contribution is 5.96. The number of benzene rings is 2. The fraction of sp³-hybridized carbons (Fsp3) is 0.174. The number of nitrogens with one attached hydrogen (secondary N) is 2. The van der Waals surface area contributed by atoms with Crippen molar-refractivity contribution in [3.8, 4) is 0 Å². The maximum Gasteiger partial charge on any atom is 0.416 e. The van der Waals surface area contributed by atoms with E-state index in [2.05, 4.69) is 10.6 Å². The topological polar surface area (TPSA) is 97.6 Å². The monoisotopic (exact) mass is 460 g/mol. The highest BCUT2D eigenvalue weighted by atomic mass is 19.4. The summed E-state index contributed by atoms with van der Waals surface area (Å²) in [6.07, 6.45) is -3.08. The molecule has 1 unspecified atom stereocenters. The van der Waals surface area contributed by atoms with Crippen molar-refractivity contribution in [3.05, 3.63) is 89.9 Å². The van der Waals surface area contributed by atoms with Crippen LogP contribution < -0.4 is 10.6 Å². The highest BCUT2D eigenvalue weighted by Gasteiger charge is 2.30. The number of esters is 1. The Bertz CT molecular complexity index is 1080. The van der Waals surface area contributed by atoms with Gasteiger partial charge < -0.3 is 19.8 Å². The van der Waals surface area contributed by atoms with Crippen molar-refractivity contribution in [2.75, 3.05) is 11.9 Å². The molecule has 10 heteroatoms. The van der Waals surface area contributed by atoms with Crippen LogP contribution in [0, 0.1) is 0 Å². The highest BCUT2D eigenvalue weighted by Crippen LogP contribution is 2.29. The van der Waals surface area contributed by atoms with Crippen molar-refractivity contribution in [1.29, 1.82) is 0 Å². The SMILES string of the molecule is O=C(COC(=O)C(Cc1ccccc1)NC(=O)c1ccco1)Nc1ccc(C(F)(F)F)cc1. The van der Waals surface area contributed by atoms with Gasteiger partial charge in [-0.05, 0) is 42.0 Å². The van der Waals surface area contributed by atoms with Crippen molar-refractivity contribution in [3.63, 3.8) is 0 Å². The van der Waals surface area contributed by atoms with E-state index in [-0.39, 0.29) is 17.9 Å². The zero-order valence-electron chi connectivity index (χ0n) is 17.1. The van der Waals surface area contributed by atoms with E-state index in [1.165, 1.54) is 18.4 Å². The van der Waals surface area contributed by atoms with Gasteiger partial charge in [0, 0.05) is 12.1 Å². The van der Waals surface area contributed by atoms with Gasteiger partial charge in [-0.1, -0.05) is 30.3 Å². The van der Waals surface area contributed by atoms with Crippen molar-refractivity contribution >= 4 is 23.5 Å². The molecule has 0 saturated heterocycles. The Kier molecular flexibility index (Phi) is 7.50. The van der Waals surface area contributed by atoms with Gasteiger partial charge in [-0.2, -0.15) is 13.2 Å². The number of halogens is 3. The molecule has 0 aliphatic carbocycles. The van der Waals surface area contributed by atoms with Gasteiger partial charge in [-0.25, -0.2) is 4.79 Å². The first-order chi connectivity index (χ1) is 15.7. The summed E-state index contributed by atoms with van der Waals surface area (Å²) >= 11 is 0. The van der Waals surface area contributed by atoms with Crippen LogP contribution in [0.5, 0.6) is 0 Å². The quantitative estimate of drug-likeness (QED) is 0.498. The van der Waals surface area contributed by atoms with Crippen LogP contribution in [-0.4, -0.2) is 30.4 Å². The molecule has 0 fully saturated rings. The fourth-order valence-corrected chi connectivity index (χ4v) is 2.86. The van der Waals surface area contributed by atoms with Crippen LogP contribution in [0.2, 0.25) is 0 Å². The zero-order chi connectivity index (χ0) is 23.8. The average Bonchev–Trinajstić information content (AvgIpc) is 3.33. The smallest absolute Gasteiger partial charge is 0.416 e. The summed E-state index contributed by atoms with van der Waals surface area (Å²) in [6.45, 7) is -0.693. The molecule has 3 rings (SSSR count). The third-order valence-corrected chi connectivity index (χ3v) is 4.46. The second-order valence-corrected chi connectivity index (χ2v) is 6.92. The maximum absolute atomic E-state index is 12.6. The molecule has 7 nitrogen and oxygen atoms in total. The molecular formula is C23H19F3N2O5. The number of rotatable bonds is 8. The molecule has 2 amide bonds.